The smallest absolute Gasteiger partial charge is 0.321 e. The fourth-order valence-corrected chi connectivity index (χ4v) is 4.24. The minimum absolute atomic E-state index is 0.00430. The summed E-state index contributed by atoms with van der Waals surface area (Å²) in [4.78, 5) is 44.7. The Kier molecular flexibility index (Phi) is 7.22. The summed E-state index contributed by atoms with van der Waals surface area (Å²) in [5.74, 6) is 0.0526. The number of urea groups is 1. The van der Waals surface area contributed by atoms with Crippen LogP contribution in [0.25, 0.3) is 10.2 Å². The zero-order valence-corrected chi connectivity index (χ0v) is 17.0. The Balaban J connectivity index is 2.15. The Morgan fingerprint density at radius 3 is 2.73 bits per heavy atom. The van der Waals surface area contributed by atoms with Crippen LogP contribution in [0.1, 0.15) is 37.6 Å². The lowest BCUT2D eigenvalue weighted by Gasteiger charge is -2.08. The molecule has 7 nitrogen and oxygen atoms in total. The first-order valence-corrected chi connectivity index (χ1v) is 10.4. The summed E-state index contributed by atoms with van der Waals surface area (Å²) in [5.41, 5.74) is 0.892. The number of H-pyrrole nitrogens is 1. The van der Waals surface area contributed by atoms with Gasteiger partial charge in [-0.1, -0.05) is 32.0 Å². The molecule has 0 spiro atoms. The number of hydrogen-bond acceptors (Lipinski definition) is 6. The van der Waals surface area contributed by atoms with Crippen LogP contribution in [0.5, 0.6) is 0 Å². The molecule has 0 aliphatic heterocycles. The van der Waals surface area contributed by atoms with Gasteiger partial charge in [0.2, 0.25) is 5.91 Å². The summed E-state index contributed by atoms with van der Waals surface area (Å²) in [5, 5.41) is 5.74. The van der Waals surface area contributed by atoms with Crippen LogP contribution in [0.15, 0.2) is 9.95 Å². The zero-order chi connectivity index (χ0) is 19.3. The molecule has 2 aromatic rings. The maximum absolute atomic E-state index is 12.5. The number of hydrogen-bond donors (Lipinski definition) is 3. The van der Waals surface area contributed by atoms with Crippen LogP contribution in [-0.4, -0.2) is 34.2 Å². The molecule has 142 valence electrons. The van der Waals surface area contributed by atoms with Gasteiger partial charge in [-0.2, -0.15) is 0 Å². The van der Waals surface area contributed by atoms with Crippen LogP contribution >= 0.6 is 23.1 Å². The van der Waals surface area contributed by atoms with Gasteiger partial charge in [0, 0.05) is 11.4 Å². The van der Waals surface area contributed by atoms with Crippen LogP contribution in [0.3, 0.4) is 0 Å². The van der Waals surface area contributed by atoms with Gasteiger partial charge in [-0.05, 0) is 31.7 Å². The lowest BCUT2D eigenvalue weighted by Crippen LogP contribution is -2.40. The van der Waals surface area contributed by atoms with Gasteiger partial charge in [-0.3, -0.25) is 14.9 Å². The third-order valence-electron chi connectivity index (χ3n) is 4.02. The zero-order valence-electron chi connectivity index (χ0n) is 15.4. The van der Waals surface area contributed by atoms with Crippen LogP contribution in [0.2, 0.25) is 0 Å². The van der Waals surface area contributed by atoms with Gasteiger partial charge < -0.3 is 10.3 Å². The van der Waals surface area contributed by atoms with Crippen molar-refractivity contribution in [3.8, 4) is 0 Å². The van der Waals surface area contributed by atoms with Crippen LogP contribution in [0.4, 0.5) is 4.79 Å². The molecule has 0 aliphatic rings. The van der Waals surface area contributed by atoms with Crippen molar-refractivity contribution >= 4 is 45.3 Å². The van der Waals surface area contributed by atoms with Gasteiger partial charge in [-0.25, -0.2) is 9.78 Å². The third kappa shape index (κ3) is 5.07. The predicted molar refractivity (Wildman–Crippen MR) is 106 cm³/mol. The topological polar surface area (TPSA) is 104 Å². The SMILES string of the molecule is CCNC(=O)NC(=O)CSc1nc2sc(C)c(CC(C)CC)c2c(=O)[nH]1. The Morgan fingerprint density at radius 2 is 2.08 bits per heavy atom. The highest BCUT2D eigenvalue weighted by Crippen LogP contribution is 2.30. The van der Waals surface area contributed by atoms with Crippen molar-refractivity contribution in [3.63, 3.8) is 0 Å². The van der Waals surface area contributed by atoms with Crippen molar-refractivity contribution in [3.05, 3.63) is 20.8 Å². The number of thiophene rings is 1. The van der Waals surface area contributed by atoms with E-state index in [-0.39, 0.29) is 11.3 Å². The van der Waals surface area contributed by atoms with Gasteiger partial charge in [0.1, 0.15) is 4.83 Å². The van der Waals surface area contributed by atoms with E-state index >= 15 is 0 Å². The Bertz CT molecular complexity index is 860. The number of nitrogens with zero attached hydrogens (tertiary/aromatic N) is 1. The van der Waals surface area contributed by atoms with Crippen molar-refractivity contribution in [1.29, 1.82) is 0 Å². The number of carbonyl (C=O) groups is 2. The predicted octanol–water partition coefficient (Wildman–Crippen LogP) is 2.82. The van der Waals surface area contributed by atoms with E-state index in [1.165, 1.54) is 11.3 Å². The standard InChI is InChI=1S/C17H24N4O3S2/c1-5-9(3)7-11-10(4)26-15-13(11)14(23)20-17(21-15)25-8-12(22)19-16(24)18-6-2/h9H,5-8H2,1-4H3,(H,20,21,23)(H2,18,19,22,24). The van der Waals surface area contributed by atoms with E-state index in [2.05, 4.69) is 34.4 Å². The van der Waals surface area contributed by atoms with Crippen molar-refractivity contribution in [2.75, 3.05) is 12.3 Å². The number of aryl methyl sites for hydroxylation is 1. The number of rotatable bonds is 7. The normalized spacial score (nSPS) is 12.2. The average molecular weight is 397 g/mol. The van der Waals surface area contributed by atoms with E-state index in [0.29, 0.717) is 27.8 Å². The highest BCUT2D eigenvalue weighted by Gasteiger charge is 2.17. The Hall–Kier alpha value is -1.87. The van der Waals surface area contributed by atoms with Gasteiger partial charge in [-0.15, -0.1) is 11.3 Å². The van der Waals surface area contributed by atoms with Crippen LogP contribution in [-0.2, 0) is 11.2 Å². The summed E-state index contributed by atoms with van der Waals surface area (Å²) in [6.45, 7) is 8.52. The second-order valence-corrected chi connectivity index (χ2v) is 8.27. The summed E-state index contributed by atoms with van der Waals surface area (Å²) in [6.07, 6.45) is 1.91. The van der Waals surface area contributed by atoms with Gasteiger partial charge >= 0.3 is 6.03 Å². The largest absolute Gasteiger partial charge is 0.338 e. The number of amides is 3. The van der Waals surface area contributed by atoms with Crippen molar-refractivity contribution in [2.24, 2.45) is 5.92 Å². The van der Waals surface area contributed by atoms with Gasteiger partial charge in [0.05, 0.1) is 11.1 Å². The lowest BCUT2D eigenvalue weighted by atomic mass is 9.98. The molecule has 2 aromatic heterocycles. The average Bonchev–Trinajstić information content (AvgIpc) is 2.89. The van der Waals surface area contributed by atoms with E-state index < -0.39 is 11.9 Å². The number of aromatic amines is 1. The first-order chi connectivity index (χ1) is 12.3. The summed E-state index contributed by atoms with van der Waals surface area (Å²) >= 11 is 2.60. The fraction of sp³-hybridized carbons (Fsp3) is 0.529. The van der Waals surface area contributed by atoms with Crippen molar-refractivity contribution in [2.45, 2.75) is 45.7 Å². The fourth-order valence-electron chi connectivity index (χ4n) is 2.46. The van der Waals surface area contributed by atoms with E-state index in [9.17, 15) is 14.4 Å². The molecule has 26 heavy (non-hydrogen) atoms. The van der Waals surface area contributed by atoms with Crippen molar-refractivity contribution in [1.82, 2.24) is 20.6 Å². The summed E-state index contributed by atoms with van der Waals surface area (Å²) < 4.78 is 0. The second kappa shape index (κ2) is 9.18. The number of nitrogens with one attached hydrogen (secondary N) is 3. The molecule has 9 heteroatoms. The molecule has 0 fully saturated rings. The molecule has 2 heterocycles. The maximum atomic E-state index is 12.5. The molecule has 0 radical (unpaired) electrons. The van der Waals surface area contributed by atoms with E-state index in [0.717, 1.165) is 35.0 Å². The maximum Gasteiger partial charge on any atom is 0.321 e. The van der Waals surface area contributed by atoms with E-state index in [1.54, 1.807) is 6.92 Å². The molecular formula is C17H24N4O3S2. The lowest BCUT2D eigenvalue weighted by molar-refractivity contribution is -0.117. The molecule has 3 amide bonds. The number of carbonyl (C=O) groups excluding carboxylic acids is 2. The van der Waals surface area contributed by atoms with Gasteiger partial charge in [0.25, 0.3) is 5.56 Å². The van der Waals surface area contributed by atoms with Gasteiger partial charge in [0.15, 0.2) is 5.16 Å². The molecule has 0 saturated heterocycles. The molecule has 0 bridgehead atoms. The monoisotopic (exact) mass is 396 g/mol. The quantitative estimate of drug-likeness (QED) is 0.493. The van der Waals surface area contributed by atoms with Crippen molar-refractivity contribution < 1.29 is 9.59 Å². The number of thioether (sulfide) groups is 1. The first-order valence-electron chi connectivity index (χ1n) is 8.58. The molecule has 3 N–H and O–H groups in total. The molecular weight excluding hydrogens is 372 g/mol. The Labute approximate surface area is 160 Å². The number of fused-ring (bicyclic) bond motifs is 1. The second-order valence-electron chi connectivity index (χ2n) is 6.10. The minimum Gasteiger partial charge on any atom is -0.338 e. The first kappa shape index (κ1) is 20.4. The molecule has 2 rings (SSSR count). The Morgan fingerprint density at radius 1 is 1.35 bits per heavy atom. The number of imide groups is 1. The molecule has 0 aliphatic carbocycles. The molecule has 1 atom stereocenters. The highest BCUT2D eigenvalue weighted by molar-refractivity contribution is 7.99. The molecule has 0 aromatic carbocycles. The molecule has 1 unspecified atom stereocenters. The summed E-state index contributed by atoms with van der Waals surface area (Å²) in [7, 11) is 0. The molecule has 0 saturated carbocycles. The summed E-state index contributed by atoms with van der Waals surface area (Å²) in [6, 6.07) is -0.529. The number of aromatic nitrogens is 2. The minimum atomic E-state index is -0.529. The van der Waals surface area contributed by atoms with Crippen LogP contribution < -0.4 is 16.2 Å². The van der Waals surface area contributed by atoms with E-state index in [1.807, 2.05) is 6.92 Å². The van der Waals surface area contributed by atoms with E-state index in [4.69, 9.17) is 0 Å². The van der Waals surface area contributed by atoms with Crippen LogP contribution in [0, 0.1) is 12.8 Å². The highest BCUT2D eigenvalue weighted by atomic mass is 32.2. The third-order valence-corrected chi connectivity index (χ3v) is 5.94.